The Morgan fingerprint density at radius 1 is 1.32 bits per heavy atom. The second-order valence-corrected chi connectivity index (χ2v) is 5.50. The SMILES string of the molecule is CC(=O)Oc1ccc(C(=O)NCc2cn3ccsc3n2)cc1. The second kappa shape index (κ2) is 5.98. The topological polar surface area (TPSA) is 72.7 Å². The number of rotatable bonds is 4. The van der Waals surface area contributed by atoms with Crippen molar-refractivity contribution in [3.05, 3.63) is 53.3 Å². The standard InChI is InChI=1S/C15H13N3O3S/c1-10(19)21-13-4-2-11(3-5-13)14(20)16-8-12-9-18-6-7-22-15(18)17-12/h2-7,9H,8H2,1H3,(H,16,20). The molecule has 0 saturated heterocycles. The van der Waals surface area contributed by atoms with Crippen molar-refractivity contribution in [1.29, 1.82) is 0 Å². The molecule has 0 spiro atoms. The zero-order valence-electron chi connectivity index (χ0n) is 11.8. The molecule has 1 amide bonds. The Kier molecular flexibility index (Phi) is 3.88. The van der Waals surface area contributed by atoms with E-state index in [9.17, 15) is 9.59 Å². The Balaban J connectivity index is 1.61. The Bertz CT molecular complexity index is 792. The first kappa shape index (κ1) is 14.3. The summed E-state index contributed by atoms with van der Waals surface area (Å²) in [6, 6.07) is 6.39. The number of ether oxygens (including phenoxy) is 1. The lowest BCUT2D eigenvalue weighted by molar-refractivity contribution is -0.131. The van der Waals surface area contributed by atoms with Crippen molar-refractivity contribution >= 4 is 28.2 Å². The van der Waals surface area contributed by atoms with E-state index in [2.05, 4.69) is 10.3 Å². The summed E-state index contributed by atoms with van der Waals surface area (Å²) in [6.07, 6.45) is 3.81. The fourth-order valence-electron chi connectivity index (χ4n) is 1.97. The molecule has 0 aliphatic carbocycles. The molecule has 0 radical (unpaired) electrons. The smallest absolute Gasteiger partial charge is 0.308 e. The van der Waals surface area contributed by atoms with Crippen molar-refractivity contribution in [3.63, 3.8) is 0 Å². The van der Waals surface area contributed by atoms with E-state index in [4.69, 9.17) is 4.74 Å². The molecule has 0 aliphatic heterocycles. The average Bonchev–Trinajstić information content (AvgIpc) is 3.06. The molecule has 1 N–H and O–H groups in total. The number of carbonyl (C=O) groups is 2. The molecule has 7 heteroatoms. The minimum atomic E-state index is -0.392. The summed E-state index contributed by atoms with van der Waals surface area (Å²) in [6.45, 7) is 1.69. The van der Waals surface area contributed by atoms with Gasteiger partial charge >= 0.3 is 5.97 Å². The first-order valence-electron chi connectivity index (χ1n) is 6.59. The summed E-state index contributed by atoms with van der Waals surface area (Å²) < 4.78 is 6.84. The van der Waals surface area contributed by atoms with E-state index in [-0.39, 0.29) is 5.91 Å². The molecule has 6 nitrogen and oxygen atoms in total. The van der Waals surface area contributed by atoms with Crippen molar-refractivity contribution in [3.8, 4) is 5.75 Å². The Morgan fingerprint density at radius 2 is 2.09 bits per heavy atom. The van der Waals surface area contributed by atoms with Gasteiger partial charge in [0.15, 0.2) is 4.96 Å². The number of nitrogens with zero attached hydrogens (tertiary/aromatic N) is 2. The summed E-state index contributed by atoms with van der Waals surface area (Å²) in [5, 5.41) is 4.76. The van der Waals surface area contributed by atoms with Crippen LogP contribution in [0.4, 0.5) is 0 Å². The predicted molar refractivity (Wildman–Crippen MR) is 82.0 cm³/mol. The summed E-state index contributed by atoms with van der Waals surface area (Å²) in [5.41, 5.74) is 1.30. The van der Waals surface area contributed by atoms with Crippen LogP contribution >= 0.6 is 11.3 Å². The third kappa shape index (κ3) is 3.15. The van der Waals surface area contributed by atoms with E-state index in [1.807, 2.05) is 22.2 Å². The van der Waals surface area contributed by atoms with Crippen molar-refractivity contribution in [2.45, 2.75) is 13.5 Å². The molecule has 22 heavy (non-hydrogen) atoms. The molecule has 1 aromatic carbocycles. The normalized spacial score (nSPS) is 10.6. The van der Waals surface area contributed by atoms with E-state index < -0.39 is 5.97 Å². The zero-order valence-corrected chi connectivity index (χ0v) is 12.6. The maximum atomic E-state index is 12.1. The second-order valence-electron chi connectivity index (χ2n) is 4.63. The van der Waals surface area contributed by atoms with Crippen LogP contribution in [0.3, 0.4) is 0 Å². The van der Waals surface area contributed by atoms with Crippen LogP contribution in [0.5, 0.6) is 5.75 Å². The number of hydrogen-bond donors (Lipinski definition) is 1. The number of aromatic nitrogens is 2. The molecule has 2 heterocycles. The number of carbonyl (C=O) groups excluding carboxylic acids is 2. The van der Waals surface area contributed by atoms with Gasteiger partial charge in [-0.2, -0.15) is 0 Å². The molecule has 0 aliphatic rings. The molecule has 0 fully saturated rings. The highest BCUT2D eigenvalue weighted by Crippen LogP contribution is 2.13. The lowest BCUT2D eigenvalue weighted by atomic mass is 10.2. The maximum absolute atomic E-state index is 12.1. The molecule has 2 aromatic heterocycles. The molecule has 112 valence electrons. The molecule has 0 bridgehead atoms. The fraction of sp³-hybridized carbons (Fsp3) is 0.133. The van der Waals surface area contributed by atoms with Gasteiger partial charge in [0.05, 0.1) is 12.2 Å². The average molecular weight is 315 g/mol. The number of thiazole rings is 1. The van der Waals surface area contributed by atoms with Crippen molar-refractivity contribution in [1.82, 2.24) is 14.7 Å². The van der Waals surface area contributed by atoms with E-state index in [0.29, 0.717) is 17.9 Å². The minimum absolute atomic E-state index is 0.203. The first-order valence-corrected chi connectivity index (χ1v) is 7.47. The van der Waals surface area contributed by atoms with Gasteiger partial charge in [0.1, 0.15) is 5.75 Å². The highest BCUT2D eigenvalue weighted by molar-refractivity contribution is 7.15. The molecule has 0 unspecified atom stereocenters. The number of benzene rings is 1. The third-order valence-electron chi connectivity index (χ3n) is 2.95. The van der Waals surface area contributed by atoms with Gasteiger partial charge in [-0.15, -0.1) is 11.3 Å². The van der Waals surface area contributed by atoms with Gasteiger partial charge in [0, 0.05) is 30.3 Å². The monoisotopic (exact) mass is 315 g/mol. The summed E-state index contributed by atoms with van der Waals surface area (Å²) in [5.74, 6) is -0.180. The summed E-state index contributed by atoms with van der Waals surface area (Å²) in [7, 11) is 0. The van der Waals surface area contributed by atoms with Gasteiger partial charge in [-0.3, -0.25) is 14.0 Å². The van der Waals surface area contributed by atoms with Gasteiger partial charge in [-0.1, -0.05) is 0 Å². The minimum Gasteiger partial charge on any atom is -0.427 e. The predicted octanol–water partition coefficient (Wildman–Crippen LogP) is 2.25. The fourth-order valence-corrected chi connectivity index (χ4v) is 2.69. The van der Waals surface area contributed by atoms with Crippen LogP contribution in [-0.4, -0.2) is 21.3 Å². The molecular formula is C15H13N3O3S. The zero-order chi connectivity index (χ0) is 15.5. The Hall–Kier alpha value is -2.67. The van der Waals surface area contributed by atoms with E-state index in [1.54, 1.807) is 35.6 Å². The number of imidazole rings is 1. The van der Waals surface area contributed by atoms with Gasteiger partial charge < -0.3 is 10.1 Å². The van der Waals surface area contributed by atoms with Crippen LogP contribution in [0, 0.1) is 0 Å². The molecule has 3 aromatic rings. The highest BCUT2D eigenvalue weighted by Gasteiger charge is 2.08. The van der Waals surface area contributed by atoms with Crippen LogP contribution in [0.1, 0.15) is 23.0 Å². The van der Waals surface area contributed by atoms with E-state index in [1.165, 1.54) is 6.92 Å². The molecule has 0 saturated carbocycles. The van der Waals surface area contributed by atoms with Crippen LogP contribution in [0.15, 0.2) is 42.0 Å². The van der Waals surface area contributed by atoms with Crippen LogP contribution < -0.4 is 10.1 Å². The first-order chi connectivity index (χ1) is 10.6. The highest BCUT2D eigenvalue weighted by atomic mass is 32.1. The Morgan fingerprint density at radius 3 is 2.77 bits per heavy atom. The van der Waals surface area contributed by atoms with Gasteiger partial charge in [0.25, 0.3) is 5.91 Å². The van der Waals surface area contributed by atoms with Gasteiger partial charge in [-0.25, -0.2) is 4.98 Å². The summed E-state index contributed by atoms with van der Waals surface area (Å²) in [4.78, 5) is 28.2. The number of hydrogen-bond acceptors (Lipinski definition) is 5. The van der Waals surface area contributed by atoms with Crippen LogP contribution in [0.25, 0.3) is 4.96 Å². The van der Waals surface area contributed by atoms with E-state index in [0.717, 1.165) is 10.7 Å². The van der Waals surface area contributed by atoms with Crippen molar-refractivity contribution in [2.24, 2.45) is 0 Å². The maximum Gasteiger partial charge on any atom is 0.308 e. The lowest BCUT2D eigenvalue weighted by Crippen LogP contribution is -2.22. The number of esters is 1. The Labute approximate surface area is 130 Å². The molecular weight excluding hydrogens is 302 g/mol. The number of amides is 1. The molecule has 0 atom stereocenters. The summed E-state index contributed by atoms with van der Waals surface area (Å²) >= 11 is 1.54. The van der Waals surface area contributed by atoms with Crippen LogP contribution in [0.2, 0.25) is 0 Å². The van der Waals surface area contributed by atoms with Crippen molar-refractivity contribution in [2.75, 3.05) is 0 Å². The quantitative estimate of drug-likeness (QED) is 0.592. The van der Waals surface area contributed by atoms with Crippen LogP contribution in [-0.2, 0) is 11.3 Å². The van der Waals surface area contributed by atoms with Gasteiger partial charge in [0.2, 0.25) is 0 Å². The van der Waals surface area contributed by atoms with E-state index >= 15 is 0 Å². The van der Waals surface area contributed by atoms with Gasteiger partial charge in [-0.05, 0) is 24.3 Å². The lowest BCUT2D eigenvalue weighted by Gasteiger charge is -2.05. The number of nitrogens with one attached hydrogen (secondary N) is 1. The number of fused-ring (bicyclic) bond motifs is 1. The molecule has 3 rings (SSSR count). The van der Waals surface area contributed by atoms with Crippen molar-refractivity contribution < 1.29 is 14.3 Å². The third-order valence-corrected chi connectivity index (χ3v) is 3.72. The largest absolute Gasteiger partial charge is 0.427 e.